The number of para-hydroxylation sites is 1. The van der Waals surface area contributed by atoms with E-state index in [0.29, 0.717) is 12.3 Å². The van der Waals surface area contributed by atoms with Gasteiger partial charge in [0, 0.05) is 5.54 Å². The third-order valence-corrected chi connectivity index (χ3v) is 4.16. The van der Waals surface area contributed by atoms with Crippen LogP contribution in [0.25, 0.3) is 0 Å². The van der Waals surface area contributed by atoms with E-state index in [0.717, 1.165) is 5.75 Å². The molecule has 1 unspecified atom stereocenters. The van der Waals surface area contributed by atoms with E-state index < -0.39 is 6.10 Å². The molecule has 2 N–H and O–H groups in total. The number of ether oxygens (including phenoxy) is 1. The molecule has 1 aromatic carbocycles. The normalized spacial score (nSPS) is 16.8. The number of nitrogens with zero attached hydrogens (tertiary/aromatic N) is 1. The average molecular weight is 334 g/mol. The molecule has 1 aliphatic carbocycles. The topological polar surface area (TPSA) is 61.8 Å². The molecule has 1 fully saturated rings. The summed E-state index contributed by atoms with van der Waals surface area (Å²) in [5.41, 5.74) is 4.04. The predicted octanol–water partition coefficient (Wildman–Crippen LogP) is 2.85. The van der Waals surface area contributed by atoms with Crippen LogP contribution < -0.4 is 10.2 Å². The second-order valence-electron chi connectivity index (χ2n) is 7.60. The summed E-state index contributed by atoms with van der Waals surface area (Å²) in [5.74, 6) is 1.41. The molecule has 0 spiro atoms. The molecule has 5 nitrogen and oxygen atoms in total. The number of hydrogen-bond acceptors (Lipinski definition) is 4. The summed E-state index contributed by atoms with van der Waals surface area (Å²) in [4.78, 5) is 11.1. The molecule has 1 aliphatic rings. The Bertz CT molecular complexity index is 522. The molecule has 0 aromatic heterocycles. The quantitative estimate of drug-likeness (QED) is 0.567. The number of carbonyl (C=O) groups excluding carboxylic acids is 1. The van der Waals surface area contributed by atoms with Crippen molar-refractivity contribution < 1.29 is 14.6 Å². The van der Waals surface area contributed by atoms with Gasteiger partial charge in [-0.25, -0.2) is 5.43 Å². The summed E-state index contributed by atoms with van der Waals surface area (Å²) in [6.45, 7) is 6.24. The fourth-order valence-electron chi connectivity index (χ4n) is 3.20. The van der Waals surface area contributed by atoms with Crippen LogP contribution in [0.3, 0.4) is 0 Å². The zero-order chi connectivity index (χ0) is 17.6. The van der Waals surface area contributed by atoms with Gasteiger partial charge in [0.1, 0.15) is 18.5 Å². The van der Waals surface area contributed by atoms with E-state index in [1.165, 1.54) is 36.3 Å². The molecule has 0 saturated heterocycles. The molecule has 1 atom stereocenters. The Kier molecular flexibility index (Phi) is 6.63. The first-order valence-electron chi connectivity index (χ1n) is 8.78. The van der Waals surface area contributed by atoms with Gasteiger partial charge in [-0.1, -0.05) is 31.0 Å². The number of hydrazine groups is 1. The number of nitrogens with one attached hydrogen (secondary N) is 1. The van der Waals surface area contributed by atoms with Crippen LogP contribution in [0.15, 0.2) is 24.3 Å². The highest BCUT2D eigenvalue weighted by molar-refractivity contribution is 5.46. The summed E-state index contributed by atoms with van der Waals surface area (Å²) in [6, 6.07) is 8.08. The predicted molar refractivity (Wildman–Crippen MR) is 94.8 cm³/mol. The third-order valence-electron chi connectivity index (χ3n) is 4.16. The highest BCUT2D eigenvalue weighted by Gasteiger charge is 2.21. The van der Waals surface area contributed by atoms with Crippen LogP contribution in [0, 0.1) is 0 Å². The van der Waals surface area contributed by atoms with Crippen LogP contribution in [0.1, 0.15) is 57.9 Å². The fourth-order valence-corrected chi connectivity index (χ4v) is 3.20. The molecule has 0 heterocycles. The number of aliphatic hydroxyl groups excluding tert-OH is 1. The highest BCUT2D eigenvalue weighted by atomic mass is 16.5. The van der Waals surface area contributed by atoms with Crippen molar-refractivity contribution in [2.45, 2.75) is 64.0 Å². The second kappa shape index (κ2) is 8.49. The Morgan fingerprint density at radius 3 is 2.62 bits per heavy atom. The maximum absolute atomic E-state index is 11.1. The van der Waals surface area contributed by atoms with E-state index in [9.17, 15) is 9.90 Å². The van der Waals surface area contributed by atoms with Crippen molar-refractivity contribution in [2.75, 3.05) is 13.2 Å². The van der Waals surface area contributed by atoms with Crippen molar-refractivity contribution in [3.63, 3.8) is 0 Å². The largest absolute Gasteiger partial charge is 0.491 e. The summed E-state index contributed by atoms with van der Waals surface area (Å²) in [6.07, 6.45) is 4.90. The molecule has 2 rings (SSSR count). The van der Waals surface area contributed by atoms with E-state index in [4.69, 9.17) is 4.74 Å². The molecule has 134 valence electrons. The van der Waals surface area contributed by atoms with E-state index >= 15 is 0 Å². The summed E-state index contributed by atoms with van der Waals surface area (Å²) >= 11 is 0. The monoisotopic (exact) mass is 334 g/mol. The van der Waals surface area contributed by atoms with Crippen LogP contribution in [-0.4, -0.2) is 41.3 Å². The molecular formula is C19H30N2O3. The Morgan fingerprint density at radius 1 is 1.33 bits per heavy atom. The van der Waals surface area contributed by atoms with Crippen LogP contribution >= 0.6 is 0 Å². The minimum Gasteiger partial charge on any atom is -0.491 e. The number of amides is 1. The minimum absolute atomic E-state index is 0.167. The van der Waals surface area contributed by atoms with Crippen LogP contribution in [-0.2, 0) is 4.79 Å². The fraction of sp³-hybridized carbons (Fsp3) is 0.632. The first-order valence-corrected chi connectivity index (χ1v) is 8.78. The van der Waals surface area contributed by atoms with Gasteiger partial charge in [-0.15, -0.1) is 0 Å². The van der Waals surface area contributed by atoms with Gasteiger partial charge in [-0.05, 0) is 51.2 Å². The van der Waals surface area contributed by atoms with Crippen molar-refractivity contribution in [3.05, 3.63) is 29.8 Å². The second-order valence-corrected chi connectivity index (χ2v) is 7.60. The summed E-state index contributed by atoms with van der Waals surface area (Å²) < 4.78 is 5.87. The number of aliphatic hydroxyl groups is 1. The number of carbonyl (C=O) groups is 1. The van der Waals surface area contributed by atoms with Gasteiger partial charge in [0.15, 0.2) is 0 Å². The van der Waals surface area contributed by atoms with Crippen LogP contribution in [0.2, 0.25) is 0 Å². The van der Waals surface area contributed by atoms with Gasteiger partial charge in [0.05, 0.1) is 6.54 Å². The first kappa shape index (κ1) is 18.7. The summed E-state index contributed by atoms with van der Waals surface area (Å²) in [7, 11) is 0. The Labute approximate surface area is 145 Å². The van der Waals surface area contributed by atoms with Crippen LogP contribution in [0.4, 0.5) is 0 Å². The zero-order valence-corrected chi connectivity index (χ0v) is 15.0. The molecule has 0 aliphatic heterocycles. The Hall–Kier alpha value is -1.59. The Balaban J connectivity index is 1.89. The molecule has 5 heteroatoms. The molecule has 0 bridgehead atoms. The lowest BCUT2D eigenvalue weighted by Gasteiger charge is -2.30. The first-order chi connectivity index (χ1) is 11.4. The molecule has 0 radical (unpaired) electrons. The zero-order valence-electron chi connectivity index (χ0n) is 15.0. The molecule has 1 saturated carbocycles. The maximum atomic E-state index is 11.1. The van der Waals surface area contributed by atoms with Gasteiger partial charge in [-0.3, -0.25) is 9.80 Å². The highest BCUT2D eigenvalue weighted by Crippen LogP contribution is 2.38. The van der Waals surface area contributed by atoms with E-state index in [1.807, 2.05) is 39.0 Å². The smallest absolute Gasteiger partial charge is 0.223 e. The average Bonchev–Trinajstić information content (AvgIpc) is 3.05. The van der Waals surface area contributed by atoms with Gasteiger partial charge in [-0.2, -0.15) is 0 Å². The Morgan fingerprint density at radius 2 is 2.00 bits per heavy atom. The van der Waals surface area contributed by atoms with E-state index in [2.05, 4.69) is 11.5 Å². The standard InChI is InChI=1S/C19H30N2O3/c1-19(2,3)20-21(14-22)12-16(23)13-24-18-11-7-6-10-17(18)15-8-4-5-9-15/h6-7,10-11,14-16,20,23H,4-5,8-9,12-13H2,1-3H3. The van der Waals surface area contributed by atoms with Crippen molar-refractivity contribution >= 4 is 6.41 Å². The van der Waals surface area contributed by atoms with Gasteiger partial charge in [0.2, 0.25) is 6.41 Å². The number of hydrogen-bond donors (Lipinski definition) is 2. The lowest BCUT2D eigenvalue weighted by molar-refractivity contribution is -0.124. The van der Waals surface area contributed by atoms with Gasteiger partial charge < -0.3 is 9.84 Å². The van der Waals surface area contributed by atoms with E-state index in [1.54, 1.807) is 0 Å². The number of rotatable bonds is 8. The van der Waals surface area contributed by atoms with Gasteiger partial charge >= 0.3 is 0 Å². The summed E-state index contributed by atoms with van der Waals surface area (Å²) in [5, 5.41) is 11.6. The van der Waals surface area contributed by atoms with Crippen molar-refractivity contribution in [2.24, 2.45) is 0 Å². The van der Waals surface area contributed by atoms with Gasteiger partial charge in [0.25, 0.3) is 0 Å². The van der Waals surface area contributed by atoms with Crippen molar-refractivity contribution in [1.82, 2.24) is 10.4 Å². The molecule has 1 aromatic rings. The maximum Gasteiger partial charge on any atom is 0.223 e. The lowest BCUT2D eigenvalue weighted by Crippen LogP contribution is -2.51. The molecule has 1 amide bonds. The lowest BCUT2D eigenvalue weighted by atomic mass is 9.97. The molecule has 24 heavy (non-hydrogen) atoms. The SMILES string of the molecule is CC(C)(C)NN(C=O)CC(O)COc1ccccc1C1CCCC1. The van der Waals surface area contributed by atoms with Crippen LogP contribution in [0.5, 0.6) is 5.75 Å². The molecular weight excluding hydrogens is 304 g/mol. The number of benzene rings is 1. The van der Waals surface area contributed by atoms with Crippen molar-refractivity contribution in [3.8, 4) is 5.75 Å². The third kappa shape index (κ3) is 5.80. The van der Waals surface area contributed by atoms with Crippen molar-refractivity contribution in [1.29, 1.82) is 0 Å². The minimum atomic E-state index is -0.748. The van der Waals surface area contributed by atoms with E-state index in [-0.39, 0.29) is 18.7 Å².